The molecule has 0 fully saturated rings. The van der Waals surface area contributed by atoms with Crippen molar-refractivity contribution in [2.24, 2.45) is 0 Å². The maximum absolute atomic E-state index is 13.0. The number of amides is 1. The van der Waals surface area contributed by atoms with E-state index in [0.717, 1.165) is 6.07 Å². The molecule has 1 amide bonds. The second-order valence-electron chi connectivity index (χ2n) is 2.44. The number of hydrogen-bond donors (Lipinski definition) is 2. The fourth-order valence-electron chi connectivity index (χ4n) is 0.783. The van der Waals surface area contributed by atoms with Crippen LogP contribution in [0.5, 0.6) is 5.75 Å². The summed E-state index contributed by atoms with van der Waals surface area (Å²) in [7, 11) is 1.40. The first-order valence-electron chi connectivity index (χ1n) is 3.68. The van der Waals surface area contributed by atoms with Crippen molar-refractivity contribution in [2.45, 2.75) is 0 Å². The third-order valence-corrected chi connectivity index (χ3v) is 2.07. The maximum Gasteiger partial charge on any atom is 0.412 e. The van der Waals surface area contributed by atoms with Crippen molar-refractivity contribution >= 4 is 27.7 Å². The highest BCUT2D eigenvalue weighted by Gasteiger charge is 2.09. The largest absolute Gasteiger partial charge is 0.412 e. The molecule has 0 unspecified atom stereocenters. The van der Waals surface area contributed by atoms with Crippen LogP contribution in [-0.4, -0.2) is 13.1 Å². The molecular weight excluding hydrogens is 255 g/mol. The van der Waals surface area contributed by atoms with E-state index in [1.54, 1.807) is 0 Å². The lowest BCUT2D eigenvalue weighted by atomic mass is 10.3. The van der Waals surface area contributed by atoms with E-state index >= 15 is 0 Å². The zero-order chi connectivity index (χ0) is 10.7. The van der Waals surface area contributed by atoms with Crippen molar-refractivity contribution in [3.8, 4) is 5.75 Å². The lowest BCUT2D eigenvalue weighted by Crippen LogP contribution is -2.22. The first kappa shape index (κ1) is 10.8. The Hall–Kier alpha value is -1.30. The van der Waals surface area contributed by atoms with Gasteiger partial charge in [-0.3, -0.25) is 0 Å². The molecule has 1 aromatic rings. The van der Waals surface area contributed by atoms with Crippen LogP contribution < -0.4 is 15.8 Å². The summed E-state index contributed by atoms with van der Waals surface area (Å²) >= 11 is 2.95. The van der Waals surface area contributed by atoms with Gasteiger partial charge in [0.05, 0.1) is 10.2 Å². The van der Waals surface area contributed by atoms with E-state index in [1.807, 2.05) is 0 Å². The number of nitrogen functional groups attached to an aromatic ring is 1. The van der Waals surface area contributed by atoms with E-state index in [9.17, 15) is 9.18 Å². The molecule has 6 heteroatoms. The van der Waals surface area contributed by atoms with Gasteiger partial charge in [-0.2, -0.15) is 0 Å². The Morgan fingerprint density at radius 2 is 2.29 bits per heavy atom. The number of ether oxygens (including phenoxy) is 1. The third kappa shape index (κ3) is 2.35. The molecule has 0 bridgehead atoms. The lowest BCUT2D eigenvalue weighted by Gasteiger charge is -2.07. The Morgan fingerprint density at radius 1 is 1.64 bits per heavy atom. The highest BCUT2D eigenvalue weighted by Crippen LogP contribution is 2.28. The highest BCUT2D eigenvalue weighted by molar-refractivity contribution is 9.10. The molecule has 76 valence electrons. The van der Waals surface area contributed by atoms with Crippen LogP contribution >= 0.6 is 15.9 Å². The van der Waals surface area contributed by atoms with Crippen molar-refractivity contribution in [3.63, 3.8) is 0 Å². The average molecular weight is 263 g/mol. The number of anilines is 1. The molecule has 0 aliphatic rings. The Bertz CT molecular complexity index is 371. The third-order valence-electron chi connectivity index (χ3n) is 1.46. The Balaban J connectivity index is 2.98. The molecular formula is C8H8BrFN2O2. The monoisotopic (exact) mass is 262 g/mol. The maximum atomic E-state index is 13.0. The Labute approximate surface area is 88.4 Å². The van der Waals surface area contributed by atoms with Gasteiger partial charge < -0.3 is 15.8 Å². The fourth-order valence-corrected chi connectivity index (χ4v) is 1.14. The van der Waals surface area contributed by atoms with Crippen LogP contribution in [0.15, 0.2) is 16.6 Å². The molecule has 14 heavy (non-hydrogen) atoms. The van der Waals surface area contributed by atoms with Crippen LogP contribution in [-0.2, 0) is 0 Å². The van der Waals surface area contributed by atoms with E-state index in [2.05, 4.69) is 21.2 Å². The Morgan fingerprint density at radius 3 is 2.86 bits per heavy atom. The van der Waals surface area contributed by atoms with E-state index in [4.69, 9.17) is 10.5 Å². The van der Waals surface area contributed by atoms with Crippen LogP contribution in [0.4, 0.5) is 14.9 Å². The second kappa shape index (κ2) is 4.28. The summed E-state index contributed by atoms with van der Waals surface area (Å²) < 4.78 is 17.9. The summed E-state index contributed by atoms with van der Waals surface area (Å²) in [6.45, 7) is 0. The zero-order valence-corrected chi connectivity index (χ0v) is 8.89. The van der Waals surface area contributed by atoms with Crippen LogP contribution in [0.1, 0.15) is 0 Å². The van der Waals surface area contributed by atoms with Crippen molar-refractivity contribution in [1.82, 2.24) is 5.32 Å². The quantitative estimate of drug-likeness (QED) is 0.760. The Kier molecular flexibility index (Phi) is 3.29. The summed E-state index contributed by atoms with van der Waals surface area (Å²) in [4.78, 5) is 10.8. The van der Waals surface area contributed by atoms with Crippen molar-refractivity contribution in [2.75, 3.05) is 12.8 Å². The van der Waals surface area contributed by atoms with Gasteiger partial charge in [0.2, 0.25) is 0 Å². The number of halogens is 2. The van der Waals surface area contributed by atoms with Gasteiger partial charge in [0.1, 0.15) is 5.82 Å². The minimum atomic E-state index is -0.696. The minimum Gasteiger partial charge on any atom is -0.408 e. The van der Waals surface area contributed by atoms with Crippen LogP contribution in [0.3, 0.4) is 0 Å². The summed E-state index contributed by atoms with van der Waals surface area (Å²) in [5.74, 6) is -0.553. The molecule has 1 rings (SSSR count). The van der Waals surface area contributed by atoms with Gasteiger partial charge in [-0.25, -0.2) is 9.18 Å². The molecule has 0 saturated carbocycles. The van der Waals surface area contributed by atoms with Gasteiger partial charge >= 0.3 is 6.09 Å². The van der Waals surface area contributed by atoms with E-state index in [-0.39, 0.29) is 15.9 Å². The molecule has 4 nitrogen and oxygen atoms in total. The smallest absolute Gasteiger partial charge is 0.408 e. The van der Waals surface area contributed by atoms with Crippen LogP contribution in [0, 0.1) is 5.82 Å². The van der Waals surface area contributed by atoms with Crippen LogP contribution in [0.25, 0.3) is 0 Å². The summed E-state index contributed by atoms with van der Waals surface area (Å²) in [5.41, 5.74) is 5.67. The number of carbonyl (C=O) groups is 1. The van der Waals surface area contributed by atoms with Crippen LogP contribution in [0.2, 0.25) is 0 Å². The topological polar surface area (TPSA) is 64.3 Å². The normalized spacial score (nSPS) is 9.64. The predicted octanol–water partition coefficient (Wildman–Crippen LogP) is 1.89. The molecule has 0 heterocycles. The second-order valence-corrected chi connectivity index (χ2v) is 3.30. The summed E-state index contributed by atoms with van der Waals surface area (Å²) in [6, 6.07) is 2.36. The van der Waals surface area contributed by atoms with Gasteiger partial charge in [0.15, 0.2) is 5.75 Å². The predicted molar refractivity (Wildman–Crippen MR) is 53.6 cm³/mol. The van der Waals surface area contributed by atoms with Crippen molar-refractivity contribution in [1.29, 1.82) is 0 Å². The standard InChI is InChI=1S/C8H8BrFN2O2/c1-12-8(13)14-7-3-5(10)4(9)2-6(7)11/h2-3H,11H2,1H3,(H,12,13). The van der Waals surface area contributed by atoms with Gasteiger partial charge in [-0.1, -0.05) is 0 Å². The number of benzene rings is 1. The SMILES string of the molecule is CNC(=O)Oc1cc(F)c(Br)cc1N. The van der Waals surface area contributed by atoms with Gasteiger partial charge in [-0.15, -0.1) is 0 Å². The van der Waals surface area contributed by atoms with Gasteiger partial charge in [0.25, 0.3) is 0 Å². The summed E-state index contributed by atoms with van der Waals surface area (Å²) in [6.07, 6.45) is -0.696. The fraction of sp³-hybridized carbons (Fsp3) is 0.125. The average Bonchev–Trinajstić information content (AvgIpc) is 2.14. The number of nitrogens with two attached hydrogens (primary N) is 1. The molecule has 0 aliphatic heterocycles. The van der Waals surface area contributed by atoms with Crippen molar-refractivity contribution < 1.29 is 13.9 Å². The molecule has 0 radical (unpaired) electrons. The number of hydrogen-bond acceptors (Lipinski definition) is 3. The summed E-state index contributed by atoms with van der Waals surface area (Å²) in [5, 5.41) is 2.22. The highest BCUT2D eigenvalue weighted by atomic mass is 79.9. The molecule has 0 spiro atoms. The molecule has 0 atom stereocenters. The molecule has 0 saturated heterocycles. The van der Waals surface area contributed by atoms with Gasteiger partial charge in [0, 0.05) is 13.1 Å². The molecule has 0 aromatic heterocycles. The van der Waals surface area contributed by atoms with E-state index in [0.29, 0.717) is 0 Å². The number of nitrogens with one attached hydrogen (secondary N) is 1. The van der Waals surface area contributed by atoms with E-state index in [1.165, 1.54) is 13.1 Å². The molecule has 3 N–H and O–H groups in total. The number of rotatable bonds is 1. The van der Waals surface area contributed by atoms with E-state index < -0.39 is 11.9 Å². The van der Waals surface area contributed by atoms with Crippen molar-refractivity contribution in [3.05, 3.63) is 22.4 Å². The number of carbonyl (C=O) groups excluding carboxylic acids is 1. The first-order valence-corrected chi connectivity index (χ1v) is 4.48. The lowest BCUT2D eigenvalue weighted by molar-refractivity contribution is 0.203. The molecule has 1 aromatic carbocycles. The molecule has 0 aliphatic carbocycles. The first-order chi connectivity index (χ1) is 6.54. The zero-order valence-electron chi connectivity index (χ0n) is 7.30. The van der Waals surface area contributed by atoms with Gasteiger partial charge in [-0.05, 0) is 22.0 Å². The minimum absolute atomic E-state index is 0.00921.